The Labute approximate surface area is 196 Å². The van der Waals surface area contributed by atoms with E-state index in [1.165, 1.54) is 85.7 Å². The Kier molecular flexibility index (Phi) is 6.75. The molecular formula is C29H35NOS. The van der Waals surface area contributed by atoms with Crippen LogP contribution in [0.2, 0.25) is 0 Å². The van der Waals surface area contributed by atoms with E-state index < -0.39 is 0 Å². The van der Waals surface area contributed by atoms with Crippen LogP contribution in [-0.2, 0) is 6.42 Å². The quantitative estimate of drug-likeness (QED) is 0.364. The fraction of sp³-hybridized carbons (Fsp3) is 0.483. The minimum Gasteiger partial charge on any atom is -0.300 e. The lowest BCUT2D eigenvalue weighted by molar-refractivity contribution is 0.103. The summed E-state index contributed by atoms with van der Waals surface area (Å²) in [7, 11) is 0. The van der Waals surface area contributed by atoms with Crippen LogP contribution in [0.3, 0.4) is 0 Å². The van der Waals surface area contributed by atoms with Gasteiger partial charge in [-0.25, -0.2) is 0 Å². The Morgan fingerprint density at radius 3 is 2.66 bits per heavy atom. The molecular weight excluding hydrogens is 410 g/mol. The van der Waals surface area contributed by atoms with Crippen LogP contribution in [-0.4, -0.2) is 29.8 Å². The van der Waals surface area contributed by atoms with E-state index in [2.05, 4.69) is 41.5 Å². The molecule has 0 amide bonds. The molecule has 0 saturated carbocycles. The standard InChI is InChI=1S/C29H35NOS/c1-2-3-6-21-8-10-23(11-9-21)29(31)24-13-15-28-26(19-24)27(20-32-28)22-12-14-25-7-4-5-17-30(25)18-16-22/h8-11,13,15,19-20,22,25H,2-7,12,14,16-18H2,1H3. The number of thiophene rings is 1. The number of carbonyl (C=O) groups excluding carboxylic acids is 1. The highest BCUT2D eigenvalue weighted by atomic mass is 32.1. The molecule has 3 aromatic rings. The first-order chi connectivity index (χ1) is 15.7. The van der Waals surface area contributed by atoms with Crippen LogP contribution in [0.5, 0.6) is 0 Å². The van der Waals surface area contributed by atoms with E-state index in [1.54, 1.807) is 0 Å². The normalized spacial score (nSPS) is 21.9. The van der Waals surface area contributed by atoms with E-state index in [9.17, 15) is 4.79 Å². The summed E-state index contributed by atoms with van der Waals surface area (Å²) in [4.78, 5) is 16.0. The third kappa shape index (κ3) is 4.56. The lowest BCUT2D eigenvalue weighted by Crippen LogP contribution is -2.38. The first-order valence-electron chi connectivity index (χ1n) is 12.6. The molecule has 0 bridgehead atoms. The van der Waals surface area contributed by atoms with Gasteiger partial charge in [0, 0.05) is 21.9 Å². The largest absolute Gasteiger partial charge is 0.300 e. The fourth-order valence-corrected chi connectivity index (χ4v) is 6.75. The van der Waals surface area contributed by atoms with Crippen LogP contribution in [0.15, 0.2) is 47.8 Å². The van der Waals surface area contributed by atoms with Crippen LogP contribution >= 0.6 is 11.3 Å². The van der Waals surface area contributed by atoms with Crippen molar-refractivity contribution in [3.8, 4) is 0 Å². The molecule has 3 heteroatoms. The second kappa shape index (κ2) is 9.89. The van der Waals surface area contributed by atoms with Gasteiger partial charge in [0.1, 0.15) is 0 Å². The van der Waals surface area contributed by atoms with Crippen LogP contribution in [0.25, 0.3) is 10.1 Å². The summed E-state index contributed by atoms with van der Waals surface area (Å²) < 4.78 is 1.31. The second-order valence-electron chi connectivity index (χ2n) is 9.78. The van der Waals surface area contributed by atoms with Gasteiger partial charge in [-0.1, -0.05) is 44.0 Å². The van der Waals surface area contributed by atoms with Gasteiger partial charge in [0.15, 0.2) is 5.78 Å². The van der Waals surface area contributed by atoms with Crippen molar-refractivity contribution >= 4 is 27.2 Å². The van der Waals surface area contributed by atoms with E-state index in [-0.39, 0.29) is 5.78 Å². The van der Waals surface area contributed by atoms with E-state index in [0.29, 0.717) is 5.92 Å². The monoisotopic (exact) mass is 445 g/mol. The molecule has 0 N–H and O–H groups in total. The van der Waals surface area contributed by atoms with Gasteiger partial charge in [-0.2, -0.15) is 0 Å². The summed E-state index contributed by atoms with van der Waals surface area (Å²) in [6.45, 7) is 4.74. The summed E-state index contributed by atoms with van der Waals surface area (Å²) in [5.74, 6) is 0.765. The number of ketones is 1. The topological polar surface area (TPSA) is 20.3 Å². The molecule has 2 aliphatic heterocycles. The molecule has 0 aliphatic carbocycles. The van der Waals surface area contributed by atoms with Crippen LogP contribution in [0.4, 0.5) is 0 Å². The summed E-state index contributed by atoms with van der Waals surface area (Å²) in [6.07, 6.45) is 11.5. The Morgan fingerprint density at radius 2 is 1.81 bits per heavy atom. The van der Waals surface area contributed by atoms with Gasteiger partial charge in [0.05, 0.1) is 0 Å². The lowest BCUT2D eigenvalue weighted by atomic mass is 9.89. The van der Waals surface area contributed by atoms with Gasteiger partial charge in [-0.15, -0.1) is 11.3 Å². The molecule has 2 fully saturated rings. The van der Waals surface area contributed by atoms with Crippen molar-refractivity contribution in [3.63, 3.8) is 0 Å². The average Bonchev–Trinajstić information content (AvgIpc) is 3.14. The Hall–Kier alpha value is -1.97. The van der Waals surface area contributed by atoms with E-state index in [0.717, 1.165) is 23.6 Å². The Bertz CT molecular complexity index is 1050. The molecule has 32 heavy (non-hydrogen) atoms. The molecule has 2 atom stereocenters. The molecule has 2 saturated heterocycles. The Balaban J connectivity index is 1.37. The molecule has 5 rings (SSSR count). The van der Waals surface area contributed by atoms with Gasteiger partial charge < -0.3 is 4.90 Å². The number of carbonyl (C=O) groups is 1. The van der Waals surface area contributed by atoms with Crippen LogP contribution in [0.1, 0.15) is 91.3 Å². The van der Waals surface area contributed by atoms with Gasteiger partial charge in [-0.3, -0.25) is 4.79 Å². The SMILES string of the molecule is CCCCc1ccc(C(=O)c2ccc3scc(C4CCC5CCCCN5CC4)c3c2)cc1. The number of benzene rings is 2. The summed E-state index contributed by atoms with van der Waals surface area (Å²) in [5.41, 5.74) is 4.43. The van der Waals surface area contributed by atoms with Crippen molar-refractivity contribution in [2.45, 2.75) is 76.7 Å². The number of unbranched alkanes of at least 4 members (excludes halogenated alkanes) is 1. The van der Waals surface area contributed by atoms with Gasteiger partial charge in [-0.05, 0) is 104 Å². The zero-order chi connectivity index (χ0) is 21.9. The third-order valence-electron chi connectivity index (χ3n) is 7.70. The zero-order valence-electron chi connectivity index (χ0n) is 19.3. The molecule has 168 valence electrons. The molecule has 2 aromatic carbocycles. The van der Waals surface area contributed by atoms with E-state index in [1.807, 2.05) is 29.5 Å². The summed E-state index contributed by atoms with van der Waals surface area (Å²) >= 11 is 1.84. The maximum atomic E-state index is 13.2. The van der Waals surface area contributed by atoms with E-state index in [4.69, 9.17) is 0 Å². The minimum absolute atomic E-state index is 0.143. The molecule has 2 nitrogen and oxygen atoms in total. The highest BCUT2D eigenvalue weighted by molar-refractivity contribution is 7.17. The smallest absolute Gasteiger partial charge is 0.193 e. The van der Waals surface area contributed by atoms with Crippen molar-refractivity contribution < 1.29 is 4.79 Å². The molecule has 2 aliphatic rings. The highest BCUT2D eigenvalue weighted by Crippen LogP contribution is 2.39. The first-order valence-corrected chi connectivity index (χ1v) is 13.5. The number of rotatable bonds is 6. The highest BCUT2D eigenvalue weighted by Gasteiger charge is 2.28. The number of piperidine rings is 1. The Morgan fingerprint density at radius 1 is 0.969 bits per heavy atom. The predicted octanol–water partition coefficient (Wildman–Crippen LogP) is 7.60. The van der Waals surface area contributed by atoms with Crippen LogP contribution in [0, 0.1) is 0 Å². The molecule has 1 aromatic heterocycles. The summed E-state index contributed by atoms with van der Waals surface area (Å²) in [5, 5.41) is 3.68. The van der Waals surface area contributed by atoms with Crippen molar-refractivity contribution in [1.29, 1.82) is 0 Å². The third-order valence-corrected chi connectivity index (χ3v) is 8.68. The van der Waals surface area contributed by atoms with Crippen molar-refractivity contribution in [2.75, 3.05) is 13.1 Å². The van der Waals surface area contributed by atoms with E-state index >= 15 is 0 Å². The van der Waals surface area contributed by atoms with Crippen LogP contribution < -0.4 is 0 Å². The summed E-state index contributed by atoms with van der Waals surface area (Å²) in [6, 6.07) is 15.4. The molecule has 2 unspecified atom stereocenters. The van der Waals surface area contributed by atoms with Crippen molar-refractivity contribution in [2.24, 2.45) is 0 Å². The van der Waals surface area contributed by atoms with Crippen molar-refractivity contribution in [1.82, 2.24) is 4.90 Å². The molecule has 0 spiro atoms. The molecule has 3 heterocycles. The molecule has 0 radical (unpaired) electrons. The fourth-order valence-electron chi connectivity index (χ4n) is 5.73. The number of nitrogens with zero attached hydrogens (tertiary/aromatic N) is 1. The maximum Gasteiger partial charge on any atom is 0.193 e. The lowest BCUT2D eigenvalue weighted by Gasteiger charge is -2.33. The minimum atomic E-state index is 0.143. The average molecular weight is 446 g/mol. The predicted molar refractivity (Wildman–Crippen MR) is 136 cm³/mol. The second-order valence-corrected chi connectivity index (χ2v) is 10.7. The van der Waals surface area contributed by atoms with Crippen molar-refractivity contribution in [3.05, 3.63) is 70.1 Å². The first kappa shape index (κ1) is 21.9. The number of aryl methyl sites for hydroxylation is 1. The number of hydrogen-bond donors (Lipinski definition) is 0. The number of hydrogen-bond acceptors (Lipinski definition) is 3. The van der Waals surface area contributed by atoms with Gasteiger partial charge in [0.2, 0.25) is 0 Å². The number of fused-ring (bicyclic) bond motifs is 2. The zero-order valence-corrected chi connectivity index (χ0v) is 20.1. The van der Waals surface area contributed by atoms with Gasteiger partial charge >= 0.3 is 0 Å². The van der Waals surface area contributed by atoms with Gasteiger partial charge in [0.25, 0.3) is 0 Å². The maximum absolute atomic E-state index is 13.2.